The minimum atomic E-state index is 0.0959. The van der Waals surface area contributed by atoms with E-state index >= 15 is 0 Å². The highest BCUT2D eigenvalue weighted by molar-refractivity contribution is 5.90. The summed E-state index contributed by atoms with van der Waals surface area (Å²) in [7, 11) is 0. The maximum Gasteiger partial charge on any atom is 0.321 e. The van der Waals surface area contributed by atoms with Gasteiger partial charge in [0.25, 0.3) is 0 Å². The number of carbonyl (C=O) groups is 1. The van der Waals surface area contributed by atoms with E-state index < -0.39 is 0 Å². The Morgan fingerprint density at radius 2 is 1.76 bits per heavy atom. The third-order valence-corrected chi connectivity index (χ3v) is 6.25. The van der Waals surface area contributed by atoms with E-state index in [4.69, 9.17) is 0 Å². The highest BCUT2D eigenvalue weighted by atomic mass is 16.2. The van der Waals surface area contributed by atoms with Gasteiger partial charge in [0.15, 0.2) is 0 Å². The van der Waals surface area contributed by atoms with Crippen LogP contribution in [0.15, 0.2) is 18.2 Å². The predicted molar refractivity (Wildman–Crippen MR) is 102 cm³/mol. The molecule has 1 aromatic rings. The third kappa shape index (κ3) is 4.00. The molecule has 2 heterocycles. The van der Waals surface area contributed by atoms with E-state index in [-0.39, 0.29) is 6.03 Å². The van der Waals surface area contributed by atoms with Gasteiger partial charge in [0, 0.05) is 25.3 Å². The predicted octanol–water partition coefficient (Wildman–Crippen LogP) is 3.91. The van der Waals surface area contributed by atoms with Gasteiger partial charge >= 0.3 is 6.03 Å². The van der Waals surface area contributed by atoms with Crippen molar-refractivity contribution in [3.05, 3.63) is 29.3 Å². The Labute approximate surface area is 151 Å². The number of piperidine rings is 1. The standard InChI is InChI=1S/C21H31N3O/c25-21(22-20-9-5-7-18-6-1-2-8-19(18)20)24-14-10-17(11-15-24)16-23-12-3-4-13-23/h5,7,9,17H,1-4,6,8,10-16H2,(H,22,25). The summed E-state index contributed by atoms with van der Waals surface area (Å²) in [6.07, 6.45) is 9.79. The molecule has 0 unspecified atom stereocenters. The van der Waals surface area contributed by atoms with Crippen LogP contribution in [0.4, 0.5) is 10.5 Å². The first kappa shape index (κ1) is 16.9. The summed E-state index contributed by atoms with van der Waals surface area (Å²) in [5, 5.41) is 3.20. The van der Waals surface area contributed by atoms with E-state index in [0.29, 0.717) is 0 Å². The van der Waals surface area contributed by atoms with Gasteiger partial charge in [-0.25, -0.2) is 4.79 Å². The molecule has 4 rings (SSSR count). The zero-order valence-electron chi connectivity index (χ0n) is 15.3. The molecule has 2 aliphatic heterocycles. The van der Waals surface area contributed by atoms with Gasteiger partial charge in [0.05, 0.1) is 0 Å². The van der Waals surface area contributed by atoms with Crippen molar-refractivity contribution in [2.75, 3.05) is 38.0 Å². The number of amides is 2. The van der Waals surface area contributed by atoms with Gasteiger partial charge in [-0.05, 0) is 87.6 Å². The number of nitrogens with zero attached hydrogens (tertiary/aromatic N) is 2. The second-order valence-electron chi connectivity index (χ2n) is 8.02. The molecule has 4 nitrogen and oxygen atoms in total. The fourth-order valence-corrected chi connectivity index (χ4v) is 4.74. The summed E-state index contributed by atoms with van der Waals surface area (Å²) in [4.78, 5) is 17.3. The van der Waals surface area contributed by atoms with Crippen LogP contribution < -0.4 is 5.32 Å². The van der Waals surface area contributed by atoms with Crippen molar-refractivity contribution in [3.63, 3.8) is 0 Å². The molecule has 0 spiro atoms. The normalized spacial score (nSPS) is 22.0. The molecule has 2 saturated heterocycles. The lowest BCUT2D eigenvalue weighted by molar-refractivity contribution is 0.163. The first-order chi connectivity index (χ1) is 12.3. The third-order valence-electron chi connectivity index (χ3n) is 6.25. The monoisotopic (exact) mass is 341 g/mol. The van der Waals surface area contributed by atoms with Gasteiger partial charge in [-0.3, -0.25) is 0 Å². The van der Waals surface area contributed by atoms with Crippen LogP contribution in [0.25, 0.3) is 0 Å². The maximum atomic E-state index is 12.7. The summed E-state index contributed by atoms with van der Waals surface area (Å²) in [5.74, 6) is 0.770. The second kappa shape index (κ2) is 7.77. The topological polar surface area (TPSA) is 35.6 Å². The smallest absolute Gasteiger partial charge is 0.321 e. The molecule has 0 radical (unpaired) electrons. The van der Waals surface area contributed by atoms with E-state index in [1.54, 1.807) is 0 Å². The number of fused-ring (bicyclic) bond motifs is 1. The molecule has 0 saturated carbocycles. The molecule has 25 heavy (non-hydrogen) atoms. The Morgan fingerprint density at radius 1 is 1.00 bits per heavy atom. The van der Waals surface area contributed by atoms with E-state index in [1.165, 1.54) is 56.4 Å². The minimum Gasteiger partial charge on any atom is -0.325 e. The highest BCUT2D eigenvalue weighted by Crippen LogP contribution is 2.28. The summed E-state index contributed by atoms with van der Waals surface area (Å²) >= 11 is 0. The first-order valence-electron chi connectivity index (χ1n) is 10.2. The van der Waals surface area contributed by atoms with E-state index in [9.17, 15) is 4.79 Å². The molecule has 3 aliphatic rings. The number of nitrogens with one attached hydrogen (secondary N) is 1. The molecule has 1 N–H and O–H groups in total. The van der Waals surface area contributed by atoms with Crippen molar-refractivity contribution in [2.24, 2.45) is 5.92 Å². The molecule has 1 aliphatic carbocycles. The maximum absolute atomic E-state index is 12.7. The summed E-state index contributed by atoms with van der Waals surface area (Å²) in [6.45, 7) is 5.60. The number of benzene rings is 1. The number of aryl methyl sites for hydroxylation is 1. The van der Waals surface area contributed by atoms with Crippen molar-refractivity contribution in [1.82, 2.24) is 9.80 Å². The Bertz CT molecular complexity index is 601. The number of carbonyl (C=O) groups excluding carboxylic acids is 1. The fourth-order valence-electron chi connectivity index (χ4n) is 4.74. The van der Waals surface area contributed by atoms with Gasteiger partial charge in [-0.2, -0.15) is 0 Å². The molecule has 136 valence electrons. The van der Waals surface area contributed by atoms with Crippen LogP contribution in [-0.2, 0) is 12.8 Å². The van der Waals surface area contributed by atoms with E-state index in [1.807, 2.05) is 4.90 Å². The summed E-state index contributed by atoms with van der Waals surface area (Å²) < 4.78 is 0. The van der Waals surface area contributed by atoms with Crippen LogP contribution in [0, 0.1) is 5.92 Å². The lowest BCUT2D eigenvalue weighted by Crippen LogP contribution is -2.43. The molecule has 2 fully saturated rings. The van der Waals surface area contributed by atoms with Gasteiger partial charge in [0.2, 0.25) is 0 Å². The zero-order valence-corrected chi connectivity index (χ0v) is 15.3. The Balaban J connectivity index is 1.31. The van der Waals surface area contributed by atoms with Crippen molar-refractivity contribution < 1.29 is 4.79 Å². The quantitative estimate of drug-likeness (QED) is 0.905. The molecular weight excluding hydrogens is 310 g/mol. The number of hydrogen-bond acceptors (Lipinski definition) is 2. The van der Waals surface area contributed by atoms with Gasteiger partial charge in [0.1, 0.15) is 0 Å². The number of hydrogen-bond donors (Lipinski definition) is 1. The van der Waals surface area contributed by atoms with E-state index in [0.717, 1.165) is 50.4 Å². The lowest BCUT2D eigenvalue weighted by atomic mass is 9.90. The van der Waals surface area contributed by atoms with Gasteiger partial charge < -0.3 is 15.1 Å². The van der Waals surface area contributed by atoms with Crippen LogP contribution in [0.2, 0.25) is 0 Å². The van der Waals surface area contributed by atoms with E-state index in [2.05, 4.69) is 28.4 Å². The molecule has 0 aromatic heterocycles. The van der Waals surface area contributed by atoms with Crippen LogP contribution in [0.1, 0.15) is 49.7 Å². The Hall–Kier alpha value is -1.55. The molecule has 0 atom stereocenters. The second-order valence-corrected chi connectivity index (χ2v) is 8.02. The van der Waals surface area contributed by atoms with Gasteiger partial charge in [-0.15, -0.1) is 0 Å². The number of rotatable bonds is 3. The summed E-state index contributed by atoms with van der Waals surface area (Å²) in [5.41, 5.74) is 3.83. The SMILES string of the molecule is O=C(Nc1cccc2c1CCCC2)N1CCC(CN2CCCC2)CC1. The lowest BCUT2D eigenvalue weighted by Gasteiger charge is -2.34. The number of likely N-dealkylation sites (tertiary alicyclic amines) is 2. The van der Waals surface area contributed by atoms with Crippen LogP contribution in [-0.4, -0.2) is 48.6 Å². The zero-order chi connectivity index (χ0) is 17.1. The van der Waals surface area contributed by atoms with Gasteiger partial charge in [-0.1, -0.05) is 12.1 Å². The van der Waals surface area contributed by atoms with Crippen molar-refractivity contribution in [3.8, 4) is 0 Å². The average molecular weight is 341 g/mol. The van der Waals surface area contributed by atoms with Crippen LogP contribution in [0.5, 0.6) is 0 Å². The largest absolute Gasteiger partial charge is 0.325 e. The Kier molecular flexibility index (Phi) is 5.25. The van der Waals surface area contributed by atoms with Crippen LogP contribution in [0.3, 0.4) is 0 Å². The minimum absolute atomic E-state index is 0.0959. The molecular formula is C21H31N3O. The molecule has 0 bridgehead atoms. The highest BCUT2D eigenvalue weighted by Gasteiger charge is 2.26. The molecule has 2 amide bonds. The first-order valence-corrected chi connectivity index (χ1v) is 10.2. The molecule has 4 heteroatoms. The fraction of sp³-hybridized carbons (Fsp3) is 0.667. The average Bonchev–Trinajstić information content (AvgIpc) is 3.16. The number of anilines is 1. The van der Waals surface area contributed by atoms with Crippen molar-refractivity contribution in [2.45, 2.75) is 51.4 Å². The van der Waals surface area contributed by atoms with Crippen molar-refractivity contribution in [1.29, 1.82) is 0 Å². The van der Waals surface area contributed by atoms with Crippen LogP contribution >= 0.6 is 0 Å². The summed E-state index contributed by atoms with van der Waals surface area (Å²) in [6, 6.07) is 6.47. The Morgan fingerprint density at radius 3 is 2.56 bits per heavy atom. The van der Waals surface area contributed by atoms with Crippen molar-refractivity contribution >= 4 is 11.7 Å². The molecule has 1 aromatic carbocycles. The number of urea groups is 1.